The summed E-state index contributed by atoms with van der Waals surface area (Å²) >= 11 is 0. The van der Waals surface area contributed by atoms with Crippen molar-refractivity contribution in [2.24, 2.45) is 5.41 Å². The van der Waals surface area contributed by atoms with Gasteiger partial charge in [-0.25, -0.2) is 0 Å². The Labute approximate surface area is 169 Å². The van der Waals surface area contributed by atoms with Crippen molar-refractivity contribution in [2.75, 3.05) is 0 Å². The first-order valence-electron chi connectivity index (χ1n) is 10.8. The number of carbonyl (C=O) groups excluding carboxylic acids is 1. The van der Waals surface area contributed by atoms with Gasteiger partial charge in [-0.1, -0.05) is 95.5 Å². The molecule has 0 unspecified atom stereocenters. The number of ketones is 1. The molecule has 0 aromatic heterocycles. The van der Waals surface area contributed by atoms with Gasteiger partial charge in [-0.05, 0) is 45.9 Å². The van der Waals surface area contributed by atoms with E-state index >= 15 is 0 Å². The zero-order valence-corrected chi connectivity index (χ0v) is 17.8. The lowest BCUT2D eigenvalue weighted by atomic mass is 9.74. The molecule has 0 aliphatic heterocycles. The van der Waals surface area contributed by atoms with E-state index in [1.165, 1.54) is 54.4 Å². The number of benzene rings is 2. The van der Waals surface area contributed by atoms with Gasteiger partial charge in [0.15, 0.2) is 5.78 Å². The molecule has 0 radical (unpaired) electrons. The lowest BCUT2D eigenvalue weighted by molar-refractivity contribution is 0.103. The SMILES string of the molecule is CC1(C=C2Cc3c(cccc3-c3ccc(C(C)(C)C)cc3)C2=O)CCCCC1. The largest absolute Gasteiger partial charge is 0.289 e. The number of hydrogen-bond donors (Lipinski definition) is 0. The van der Waals surface area contributed by atoms with Gasteiger partial charge in [0, 0.05) is 17.6 Å². The van der Waals surface area contributed by atoms with Crippen LogP contribution in [0.5, 0.6) is 0 Å². The standard InChI is InChI=1S/C27H32O/c1-26(2,3)21-13-11-19(12-14-21)22-9-8-10-23-24(22)17-20(25(23)28)18-27(4)15-6-5-7-16-27/h8-14,18H,5-7,15-17H2,1-4H3. The highest BCUT2D eigenvalue weighted by molar-refractivity contribution is 6.14. The lowest BCUT2D eigenvalue weighted by Crippen LogP contribution is -2.18. The quantitative estimate of drug-likeness (QED) is 0.506. The van der Waals surface area contributed by atoms with Gasteiger partial charge in [-0.2, -0.15) is 0 Å². The molecule has 0 atom stereocenters. The lowest BCUT2D eigenvalue weighted by Gasteiger charge is -2.31. The van der Waals surface area contributed by atoms with Crippen LogP contribution in [0.4, 0.5) is 0 Å². The van der Waals surface area contributed by atoms with Gasteiger partial charge >= 0.3 is 0 Å². The van der Waals surface area contributed by atoms with Crippen molar-refractivity contribution in [3.63, 3.8) is 0 Å². The third-order valence-corrected chi connectivity index (χ3v) is 6.66. The molecule has 1 saturated carbocycles. The Balaban J connectivity index is 1.68. The predicted molar refractivity (Wildman–Crippen MR) is 118 cm³/mol. The van der Waals surface area contributed by atoms with E-state index in [1.807, 2.05) is 12.1 Å². The van der Waals surface area contributed by atoms with Crippen molar-refractivity contribution >= 4 is 5.78 Å². The minimum atomic E-state index is 0.151. The van der Waals surface area contributed by atoms with Crippen LogP contribution in [0, 0.1) is 5.41 Å². The Kier molecular flexibility index (Phi) is 4.81. The molecule has 2 aliphatic rings. The molecule has 0 bridgehead atoms. The second-order valence-corrected chi connectivity index (χ2v) is 10.0. The van der Waals surface area contributed by atoms with Gasteiger partial charge in [0.1, 0.15) is 0 Å². The van der Waals surface area contributed by atoms with E-state index in [9.17, 15) is 4.79 Å². The van der Waals surface area contributed by atoms with E-state index < -0.39 is 0 Å². The molecule has 1 nitrogen and oxygen atoms in total. The first-order valence-corrected chi connectivity index (χ1v) is 10.8. The number of allylic oxidation sites excluding steroid dienone is 2. The molecule has 2 aromatic carbocycles. The predicted octanol–water partition coefficient (Wildman–Crippen LogP) is 7.29. The summed E-state index contributed by atoms with van der Waals surface area (Å²) in [5.74, 6) is 0.245. The zero-order chi connectivity index (χ0) is 19.9. The van der Waals surface area contributed by atoms with Gasteiger partial charge in [-0.3, -0.25) is 4.79 Å². The molecule has 1 fully saturated rings. The fourth-order valence-corrected chi connectivity index (χ4v) is 4.89. The third-order valence-electron chi connectivity index (χ3n) is 6.66. The Morgan fingerprint density at radius 2 is 1.54 bits per heavy atom. The number of carbonyl (C=O) groups is 1. The van der Waals surface area contributed by atoms with E-state index in [1.54, 1.807) is 0 Å². The van der Waals surface area contributed by atoms with Gasteiger partial charge in [0.2, 0.25) is 0 Å². The monoisotopic (exact) mass is 372 g/mol. The Morgan fingerprint density at radius 3 is 2.18 bits per heavy atom. The molecular weight excluding hydrogens is 340 g/mol. The smallest absolute Gasteiger partial charge is 0.189 e. The maximum atomic E-state index is 13.1. The number of hydrogen-bond acceptors (Lipinski definition) is 1. The fraction of sp³-hybridized carbons (Fsp3) is 0.444. The molecule has 0 saturated heterocycles. The van der Waals surface area contributed by atoms with Crippen molar-refractivity contribution in [3.05, 3.63) is 70.8 Å². The molecule has 0 N–H and O–H groups in total. The van der Waals surface area contributed by atoms with Gasteiger partial charge < -0.3 is 0 Å². The molecule has 0 amide bonds. The average Bonchev–Trinajstić information content (AvgIpc) is 2.97. The highest BCUT2D eigenvalue weighted by atomic mass is 16.1. The summed E-state index contributed by atoms with van der Waals surface area (Å²) in [7, 11) is 0. The average molecular weight is 373 g/mol. The van der Waals surface area contributed by atoms with E-state index in [0.717, 1.165) is 17.6 Å². The van der Waals surface area contributed by atoms with E-state index in [4.69, 9.17) is 0 Å². The van der Waals surface area contributed by atoms with Crippen LogP contribution in [0.15, 0.2) is 54.1 Å². The van der Waals surface area contributed by atoms with Crippen LogP contribution in [0.25, 0.3) is 11.1 Å². The van der Waals surface area contributed by atoms with Crippen LogP contribution in [-0.2, 0) is 11.8 Å². The third kappa shape index (κ3) is 3.60. The summed E-state index contributed by atoms with van der Waals surface area (Å²) in [4.78, 5) is 13.1. The molecule has 0 heterocycles. The first kappa shape index (κ1) is 19.2. The van der Waals surface area contributed by atoms with E-state index in [-0.39, 0.29) is 16.6 Å². The highest BCUT2D eigenvalue weighted by Crippen LogP contribution is 2.41. The second-order valence-electron chi connectivity index (χ2n) is 10.0. The van der Waals surface area contributed by atoms with Crippen LogP contribution in [0.1, 0.15) is 81.3 Å². The van der Waals surface area contributed by atoms with Crippen LogP contribution in [-0.4, -0.2) is 5.78 Å². The van der Waals surface area contributed by atoms with Crippen LogP contribution >= 0.6 is 0 Å². The Bertz CT molecular complexity index is 916. The van der Waals surface area contributed by atoms with Crippen LogP contribution < -0.4 is 0 Å². The van der Waals surface area contributed by atoms with Crippen molar-refractivity contribution in [2.45, 2.75) is 71.6 Å². The van der Waals surface area contributed by atoms with Gasteiger partial charge in [0.05, 0.1) is 0 Å². The minimum absolute atomic E-state index is 0.151. The fourth-order valence-electron chi connectivity index (χ4n) is 4.89. The topological polar surface area (TPSA) is 17.1 Å². The van der Waals surface area contributed by atoms with Crippen molar-refractivity contribution in [3.8, 4) is 11.1 Å². The molecule has 2 aliphatic carbocycles. The number of Topliss-reactive ketones (excluding diaryl/α,β-unsaturated/α-hetero) is 1. The van der Waals surface area contributed by atoms with Crippen molar-refractivity contribution in [1.29, 1.82) is 0 Å². The second kappa shape index (κ2) is 7.03. The Morgan fingerprint density at radius 1 is 0.893 bits per heavy atom. The minimum Gasteiger partial charge on any atom is -0.289 e. The highest BCUT2D eigenvalue weighted by Gasteiger charge is 2.31. The Hall–Kier alpha value is -2.15. The molecule has 2 aromatic rings. The summed E-state index contributed by atoms with van der Waals surface area (Å²) in [6, 6.07) is 15.1. The van der Waals surface area contributed by atoms with Crippen molar-refractivity contribution in [1.82, 2.24) is 0 Å². The van der Waals surface area contributed by atoms with Gasteiger partial charge in [0.25, 0.3) is 0 Å². The maximum absolute atomic E-state index is 13.1. The summed E-state index contributed by atoms with van der Waals surface area (Å²) < 4.78 is 0. The van der Waals surface area contributed by atoms with E-state index in [2.05, 4.69) is 64.1 Å². The van der Waals surface area contributed by atoms with E-state index in [0.29, 0.717) is 0 Å². The molecule has 0 spiro atoms. The summed E-state index contributed by atoms with van der Waals surface area (Å²) in [5, 5.41) is 0. The molecule has 146 valence electrons. The molecular formula is C27H32O. The van der Waals surface area contributed by atoms with Crippen molar-refractivity contribution < 1.29 is 4.79 Å². The molecule has 4 rings (SSSR count). The first-order chi connectivity index (χ1) is 13.3. The summed E-state index contributed by atoms with van der Waals surface area (Å²) in [5.41, 5.74) is 7.23. The molecule has 28 heavy (non-hydrogen) atoms. The van der Waals surface area contributed by atoms with Crippen LogP contribution in [0.3, 0.4) is 0 Å². The number of rotatable bonds is 2. The number of fused-ring (bicyclic) bond motifs is 1. The summed E-state index contributed by atoms with van der Waals surface area (Å²) in [6.07, 6.45) is 9.42. The van der Waals surface area contributed by atoms with Gasteiger partial charge in [-0.15, -0.1) is 0 Å². The zero-order valence-electron chi connectivity index (χ0n) is 17.8. The maximum Gasteiger partial charge on any atom is 0.189 e. The van der Waals surface area contributed by atoms with Crippen LogP contribution in [0.2, 0.25) is 0 Å². The molecule has 1 heteroatoms. The summed E-state index contributed by atoms with van der Waals surface area (Å²) in [6.45, 7) is 9.05. The normalized spacial score (nSPS) is 20.4.